The minimum absolute atomic E-state index is 0.0105. The van der Waals surface area contributed by atoms with Crippen LogP contribution in [0.2, 0.25) is 4.34 Å². The van der Waals surface area contributed by atoms with E-state index in [4.69, 9.17) is 27.3 Å². The number of nitrogens with two attached hydrogens (primary N) is 1. The second-order valence-corrected chi connectivity index (χ2v) is 11.8. The largest absolute Gasteiger partial charge is 0.543 e. The Morgan fingerprint density at radius 2 is 2.12 bits per heavy atom. The summed E-state index contributed by atoms with van der Waals surface area (Å²) in [6, 6.07) is 2.58. The van der Waals surface area contributed by atoms with E-state index in [1.165, 1.54) is 18.7 Å². The number of hydrogen-bond donors (Lipinski definition) is 4. The van der Waals surface area contributed by atoms with Gasteiger partial charge in [0, 0.05) is 35.2 Å². The van der Waals surface area contributed by atoms with Crippen LogP contribution in [0.5, 0.6) is 0 Å². The molecule has 3 aromatic rings. The van der Waals surface area contributed by atoms with Crippen molar-refractivity contribution in [2.45, 2.75) is 31.0 Å². The predicted molar refractivity (Wildman–Crippen MR) is 148 cm³/mol. The van der Waals surface area contributed by atoms with Gasteiger partial charge >= 0.3 is 5.97 Å². The molecule has 1 unspecified atom stereocenters. The average molecular weight is 633 g/mol. The summed E-state index contributed by atoms with van der Waals surface area (Å²) in [5, 5.41) is 33.3. The number of oxime groups is 1. The fourth-order valence-electron chi connectivity index (χ4n) is 4.22. The number of aliphatic carboxylic acids is 2. The minimum atomic E-state index is -1.52. The second kappa shape index (κ2) is 11.8. The molecule has 0 saturated carbocycles. The number of anilines is 1. The number of pyridine rings is 1. The normalized spacial score (nSPS) is 19.1. The van der Waals surface area contributed by atoms with E-state index in [-0.39, 0.29) is 33.2 Å². The molecule has 0 bridgehead atoms. The van der Waals surface area contributed by atoms with Crippen molar-refractivity contribution in [3.63, 3.8) is 0 Å². The number of amides is 2. The second-order valence-electron chi connectivity index (χ2n) is 9.05. The summed E-state index contributed by atoms with van der Waals surface area (Å²) in [6.45, 7) is 1.39. The van der Waals surface area contributed by atoms with Gasteiger partial charge in [0.05, 0.1) is 17.9 Å². The van der Waals surface area contributed by atoms with Gasteiger partial charge in [-0.1, -0.05) is 28.1 Å². The number of halogens is 1. The molecule has 42 heavy (non-hydrogen) atoms. The molecular weight excluding hydrogens is 612 g/mol. The molecule has 0 radical (unpaired) electrons. The molecule has 218 valence electrons. The summed E-state index contributed by atoms with van der Waals surface area (Å²) in [4.78, 5) is 59.6. The Morgan fingerprint density at radius 1 is 1.38 bits per heavy atom. The van der Waals surface area contributed by atoms with Gasteiger partial charge in [-0.05, 0) is 12.5 Å². The number of nitrogens with zero attached hydrogens (tertiary/aromatic N) is 5. The molecule has 5 heterocycles. The van der Waals surface area contributed by atoms with Crippen LogP contribution < -0.4 is 20.7 Å². The van der Waals surface area contributed by atoms with E-state index >= 15 is 0 Å². The number of carboxylic acids is 2. The lowest BCUT2D eigenvalue weighted by molar-refractivity contribution is -0.689. The van der Waals surface area contributed by atoms with Crippen LogP contribution in [0.3, 0.4) is 0 Å². The van der Waals surface area contributed by atoms with Crippen molar-refractivity contribution < 1.29 is 38.8 Å². The number of nitrogens with one attached hydrogen (secondary N) is 2. The van der Waals surface area contributed by atoms with E-state index in [9.17, 15) is 24.3 Å². The highest BCUT2D eigenvalue weighted by atomic mass is 35.5. The summed E-state index contributed by atoms with van der Waals surface area (Å²) in [5.41, 5.74) is 7.01. The number of rotatable bonds is 10. The van der Waals surface area contributed by atoms with Crippen molar-refractivity contribution in [1.29, 1.82) is 0 Å². The average Bonchev–Trinajstić information content (AvgIpc) is 3.61. The van der Waals surface area contributed by atoms with Crippen molar-refractivity contribution >= 4 is 69.3 Å². The van der Waals surface area contributed by atoms with Crippen LogP contribution in [-0.4, -0.2) is 77.9 Å². The number of aromatic amines is 1. The van der Waals surface area contributed by atoms with Crippen molar-refractivity contribution in [3.8, 4) is 11.1 Å². The van der Waals surface area contributed by atoms with Gasteiger partial charge in [0.2, 0.25) is 6.10 Å². The van der Waals surface area contributed by atoms with Crippen LogP contribution in [0.1, 0.15) is 12.6 Å². The first-order chi connectivity index (χ1) is 20.0. The first kappa shape index (κ1) is 29.0. The number of carbonyl (C=O) groups excluding carboxylic acids is 3. The quantitative estimate of drug-likeness (QED) is 0.0952. The number of aromatic nitrogens is 4. The fraction of sp³-hybridized carbons (Fsp3) is 0.250. The minimum Gasteiger partial charge on any atom is -0.543 e. The molecule has 1 saturated heterocycles. The SMILES string of the molecule is C[C@H](O/N=C(\C(=O)N[C@@H]1C(=O)N2C(C(=O)[O-])=C(C[n+]3ccc(-c4cn[nH]c4)cc3)CSC12)c1nc(N)sc1Cl)C(=O)O. The third-order valence-electron chi connectivity index (χ3n) is 6.31. The van der Waals surface area contributed by atoms with Crippen LogP contribution in [-0.2, 0) is 30.6 Å². The fourth-order valence-corrected chi connectivity index (χ4v) is 6.48. The molecule has 5 N–H and O–H groups in total. The molecule has 0 spiro atoms. The molecule has 0 aromatic carbocycles. The van der Waals surface area contributed by atoms with E-state index in [1.54, 1.807) is 29.4 Å². The molecule has 5 rings (SSSR count). The third kappa shape index (κ3) is 5.65. The number of thioether (sulfide) groups is 1. The zero-order valence-corrected chi connectivity index (χ0v) is 23.9. The van der Waals surface area contributed by atoms with E-state index < -0.39 is 47.0 Å². The molecule has 2 aliphatic rings. The number of thiazole rings is 1. The number of hydrogen-bond acceptors (Lipinski definition) is 12. The maximum absolute atomic E-state index is 13.2. The van der Waals surface area contributed by atoms with Gasteiger partial charge in [0.25, 0.3) is 11.8 Å². The molecule has 1 fully saturated rings. The number of carboxylic acid groups (broad SMARTS) is 2. The number of fused-ring (bicyclic) bond motifs is 1. The standard InChI is InChI=1S/C24H21ClN8O7S2/c1-10(22(36)37)40-31-15(14-18(25)42-24(26)30-14)19(34)29-16-20(35)33-17(23(38)39)13(9-41-21(16)33)8-32-4-2-11(3-5-32)12-6-27-28-7-12/h2-7,10,16,21H,8-9H2,1H3,(H5,26,29,30,34,36,37,38,39)/b31-15-/t10-,16+,21?/m0/s1. The van der Waals surface area contributed by atoms with Gasteiger partial charge in [-0.15, -0.1) is 11.8 Å². The number of β-lactam (4-membered cyclic amide) rings is 1. The molecule has 0 aliphatic carbocycles. The Kier molecular flexibility index (Phi) is 8.15. The maximum atomic E-state index is 13.2. The zero-order valence-electron chi connectivity index (χ0n) is 21.5. The van der Waals surface area contributed by atoms with Crippen molar-refractivity contribution in [2.24, 2.45) is 5.16 Å². The van der Waals surface area contributed by atoms with Crippen LogP contribution in [0.25, 0.3) is 11.1 Å². The Balaban J connectivity index is 1.34. The Hall–Kier alpha value is -4.48. The zero-order chi connectivity index (χ0) is 30.1. The number of H-pyrrole nitrogens is 1. The van der Waals surface area contributed by atoms with E-state index in [2.05, 4.69) is 25.7 Å². The van der Waals surface area contributed by atoms with Crippen LogP contribution in [0.15, 0.2) is 53.3 Å². The molecule has 15 nitrogen and oxygen atoms in total. The molecule has 3 aromatic heterocycles. The van der Waals surface area contributed by atoms with Gasteiger partial charge in [-0.3, -0.25) is 19.6 Å². The van der Waals surface area contributed by atoms with Gasteiger partial charge in [-0.25, -0.2) is 14.3 Å². The highest BCUT2D eigenvalue weighted by Gasteiger charge is 2.53. The molecule has 2 aliphatic heterocycles. The molecular formula is C24H21ClN8O7S2. The first-order valence-electron chi connectivity index (χ1n) is 12.1. The lowest BCUT2D eigenvalue weighted by Crippen LogP contribution is -2.71. The first-order valence-corrected chi connectivity index (χ1v) is 14.4. The van der Waals surface area contributed by atoms with Crippen molar-refractivity contribution in [3.05, 3.63) is 58.2 Å². The lowest BCUT2D eigenvalue weighted by Gasteiger charge is -2.50. The van der Waals surface area contributed by atoms with Gasteiger partial charge < -0.3 is 30.9 Å². The Bertz CT molecular complexity index is 1620. The Labute approximate surface area is 250 Å². The summed E-state index contributed by atoms with van der Waals surface area (Å²) < 4.78 is 1.76. The smallest absolute Gasteiger partial charge is 0.347 e. The summed E-state index contributed by atoms with van der Waals surface area (Å²) >= 11 is 8.25. The van der Waals surface area contributed by atoms with Gasteiger partial charge in [0.1, 0.15) is 21.4 Å². The van der Waals surface area contributed by atoms with E-state index in [1.807, 2.05) is 12.1 Å². The molecule has 2 amide bonds. The maximum Gasteiger partial charge on any atom is 0.347 e. The van der Waals surface area contributed by atoms with E-state index in [0.717, 1.165) is 27.4 Å². The molecule has 3 atom stereocenters. The van der Waals surface area contributed by atoms with Crippen LogP contribution in [0, 0.1) is 0 Å². The monoisotopic (exact) mass is 632 g/mol. The van der Waals surface area contributed by atoms with Crippen molar-refractivity contribution in [1.82, 2.24) is 25.4 Å². The molecule has 18 heteroatoms. The highest BCUT2D eigenvalue weighted by molar-refractivity contribution is 8.00. The predicted octanol–water partition coefficient (Wildman–Crippen LogP) is -0.646. The number of nitrogen functional groups attached to an aromatic ring is 1. The number of carbonyl (C=O) groups is 4. The van der Waals surface area contributed by atoms with Crippen LogP contribution in [0.4, 0.5) is 5.13 Å². The van der Waals surface area contributed by atoms with Gasteiger partial charge in [-0.2, -0.15) is 5.10 Å². The highest BCUT2D eigenvalue weighted by Crippen LogP contribution is 2.40. The third-order valence-corrected chi connectivity index (χ3v) is 8.74. The van der Waals surface area contributed by atoms with E-state index in [0.29, 0.717) is 5.57 Å². The Morgan fingerprint density at radius 3 is 2.71 bits per heavy atom. The van der Waals surface area contributed by atoms with Crippen LogP contribution >= 0.6 is 34.7 Å². The lowest BCUT2D eigenvalue weighted by atomic mass is 10.0. The van der Waals surface area contributed by atoms with Crippen molar-refractivity contribution in [2.75, 3.05) is 11.5 Å². The topological polar surface area (TPSA) is 220 Å². The summed E-state index contributed by atoms with van der Waals surface area (Å²) in [7, 11) is 0. The summed E-state index contributed by atoms with van der Waals surface area (Å²) in [6.07, 6.45) is 5.58. The summed E-state index contributed by atoms with van der Waals surface area (Å²) in [5.74, 6) is -4.24. The van der Waals surface area contributed by atoms with Gasteiger partial charge in [0.15, 0.2) is 29.8 Å².